The van der Waals surface area contributed by atoms with Gasteiger partial charge in [0.1, 0.15) is 0 Å². The number of hydrogen-bond donors (Lipinski definition) is 2. The van der Waals surface area contributed by atoms with Crippen LogP contribution < -0.4 is 15.5 Å². The highest BCUT2D eigenvalue weighted by Crippen LogP contribution is 2.22. The molecule has 0 aromatic heterocycles. The van der Waals surface area contributed by atoms with E-state index in [1.165, 1.54) is 11.8 Å². The van der Waals surface area contributed by atoms with Gasteiger partial charge in [-0.2, -0.15) is 0 Å². The summed E-state index contributed by atoms with van der Waals surface area (Å²) in [6.07, 6.45) is 0. The van der Waals surface area contributed by atoms with Crippen molar-refractivity contribution in [2.45, 2.75) is 37.8 Å². The number of carbonyl (C=O) groups excluding carboxylic acids is 2. The summed E-state index contributed by atoms with van der Waals surface area (Å²) < 4.78 is 0. The molecule has 0 aliphatic heterocycles. The van der Waals surface area contributed by atoms with E-state index in [1.807, 2.05) is 69.4 Å². The molecule has 6 heteroatoms. The van der Waals surface area contributed by atoms with Gasteiger partial charge in [0.25, 0.3) is 5.91 Å². The average Bonchev–Trinajstić information content (AvgIpc) is 2.70. The maximum atomic E-state index is 12.7. The summed E-state index contributed by atoms with van der Waals surface area (Å²) in [4.78, 5) is 27.5. The van der Waals surface area contributed by atoms with Gasteiger partial charge in [-0.3, -0.25) is 9.59 Å². The first-order chi connectivity index (χ1) is 13.4. The molecule has 5 nitrogen and oxygen atoms in total. The molecular formula is C22H29N3O2S. The average molecular weight is 400 g/mol. The monoisotopic (exact) mass is 399 g/mol. The van der Waals surface area contributed by atoms with Crippen molar-refractivity contribution in [2.75, 3.05) is 24.2 Å². The van der Waals surface area contributed by atoms with Crippen LogP contribution in [0.5, 0.6) is 0 Å². The predicted molar refractivity (Wildman–Crippen MR) is 117 cm³/mol. The second-order valence-electron chi connectivity index (χ2n) is 7.01. The third-order valence-electron chi connectivity index (χ3n) is 4.32. The number of nitrogens with zero attached hydrogens (tertiary/aromatic N) is 1. The Morgan fingerprint density at radius 3 is 2.32 bits per heavy atom. The standard InChI is InChI=1S/C22H29N3O2S/c1-16(2)24-21(26)15-28-20-13-9-8-12-19(20)22(27)23-14-17(3)25(4)18-10-6-5-7-11-18/h5-13,16-17H,14-15H2,1-4H3,(H,23,27)(H,24,26). The molecule has 2 rings (SSSR count). The summed E-state index contributed by atoms with van der Waals surface area (Å²) in [7, 11) is 2.02. The number of rotatable bonds is 9. The molecule has 1 unspecified atom stereocenters. The van der Waals surface area contributed by atoms with E-state index < -0.39 is 0 Å². The van der Waals surface area contributed by atoms with Crippen molar-refractivity contribution in [3.8, 4) is 0 Å². The Hall–Kier alpha value is -2.47. The van der Waals surface area contributed by atoms with Gasteiger partial charge in [0, 0.05) is 36.3 Å². The highest BCUT2D eigenvalue weighted by atomic mass is 32.2. The third kappa shape index (κ3) is 6.60. The lowest BCUT2D eigenvalue weighted by Gasteiger charge is -2.27. The number of thioether (sulfide) groups is 1. The van der Waals surface area contributed by atoms with Gasteiger partial charge in [-0.1, -0.05) is 30.3 Å². The van der Waals surface area contributed by atoms with Crippen LogP contribution in [0.3, 0.4) is 0 Å². The molecule has 1 atom stereocenters. The van der Waals surface area contributed by atoms with E-state index in [2.05, 4.69) is 22.5 Å². The first-order valence-electron chi connectivity index (χ1n) is 9.45. The van der Waals surface area contributed by atoms with Crippen molar-refractivity contribution >= 4 is 29.3 Å². The zero-order chi connectivity index (χ0) is 20.5. The summed E-state index contributed by atoms with van der Waals surface area (Å²) in [5, 5.41) is 5.88. The Morgan fingerprint density at radius 1 is 1.00 bits per heavy atom. The molecule has 0 saturated carbocycles. The molecule has 0 aliphatic rings. The maximum Gasteiger partial charge on any atom is 0.252 e. The molecule has 0 radical (unpaired) electrons. The maximum absolute atomic E-state index is 12.7. The Balaban J connectivity index is 1.94. The molecule has 2 aromatic rings. The van der Waals surface area contributed by atoms with E-state index in [9.17, 15) is 9.59 Å². The number of likely N-dealkylation sites (N-methyl/N-ethyl adjacent to an activating group) is 1. The number of para-hydroxylation sites is 1. The van der Waals surface area contributed by atoms with Gasteiger partial charge in [-0.05, 0) is 45.0 Å². The van der Waals surface area contributed by atoms with Crippen molar-refractivity contribution in [2.24, 2.45) is 0 Å². The summed E-state index contributed by atoms with van der Waals surface area (Å²) in [5.74, 6) is 0.129. The van der Waals surface area contributed by atoms with E-state index in [1.54, 1.807) is 6.07 Å². The van der Waals surface area contributed by atoms with E-state index in [4.69, 9.17) is 0 Å². The number of hydrogen-bond acceptors (Lipinski definition) is 4. The van der Waals surface area contributed by atoms with Crippen molar-refractivity contribution in [3.63, 3.8) is 0 Å². The Morgan fingerprint density at radius 2 is 1.64 bits per heavy atom. The van der Waals surface area contributed by atoms with E-state index in [0.29, 0.717) is 12.1 Å². The normalized spacial score (nSPS) is 11.8. The lowest BCUT2D eigenvalue weighted by molar-refractivity contribution is -0.119. The molecule has 0 aliphatic carbocycles. The molecule has 0 spiro atoms. The van der Waals surface area contributed by atoms with Crippen molar-refractivity contribution < 1.29 is 9.59 Å². The zero-order valence-electron chi connectivity index (χ0n) is 16.9. The van der Waals surface area contributed by atoms with E-state index in [0.717, 1.165) is 10.6 Å². The van der Waals surface area contributed by atoms with E-state index in [-0.39, 0.29) is 29.7 Å². The summed E-state index contributed by atoms with van der Waals surface area (Å²) >= 11 is 1.38. The predicted octanol–water partition coefficient (Wildman–Crippen LogP) is 3.56. The Bertz CT molecular complexity index is 780. The minimum Gasteiger partial charge on any atom is -0.370 e. The van der Waals surface area contributed by atoms with Gasteiger partial charge < -0.3 is 15.5 Å². The van der Waals surface area contributed by atoms with Crippen molar-refractivity contribution in [1.82, 2.24) is 10.6 Å². The number of nitrogens with one attached hydrogen (secondary N) is 2. The molecule has 2 N–H and O–H groups in total. The molecule has 0 saturated heterocycles. The summed E-state index contributed by atoms with van der Waals surface area (Å²) in [6, 6.07) is 17.7. The Labute approximate surface area is 171 Å². The van der Waals surface area contributed by atoms with Crippen LogP contribution in [0.2, 0.25) is 0 Å². The smallest absolute Gasteiger partial charge is 0.252 e. The van der Waals surface area contributed by atoms with Gasteiger partial charge in [0.05, 0.1) is 11.3 Å². The Kier molecular flexibility index (Phi) is 8.39. The zero-order valence-corrected chi connectivity index (χ0v) is 17.8. The van der Waals surface area contributed by atoms with Crippen LogP contribution in [0.15, 0.2) is 59.5 Å². The van der Waals surface area contributed by atoms with Crippen LogP contribution >= 0.6 is 11.8 Å². The first-order valence-corrected chi connectivity index (χ1v) is 10.4. The van der Waals surface area contributed by atoms with Gasteiger partial charge in [0.2, 0.25) is 5.91 Å². The summed E-state index contributed by atoms with van der Waals surface area (Å²) in [5.41, 5.74) is 1.70. The van der Waals surface area contributed by atoms with Crippen LogP contribution in [0, 0.1) is 0 Å². The van der Waals surface area contributed by atoms with Gasteiger partial charge in [-0.25, -0.2) is 0 Å². The van der Waals surface area contributed by atoms with Crippen LogP contribution in [-0.2, 0) is 4.79 Å². The number of anilines is 1. The fourth-order valence-corrected chi connectivity index (χ4v) is 3.54. The lowest BCUT2D eigenvalue weighted by atomic mass is 10.2. The van der Waals surface area contributed by atoms with E-state index >= 15 is 0 Å². The molecule has 150 valence electrons. The molecular weight excluding hydrogens is 370 g/mol. The van der Waals surface area contributed by atoms with Crippen molar-refractivity contribution in [3.05, 3.63) is 60.2 Å². The van der Waals surface area contributed by atoms with Crippen LogP contribution in [-0.4, -0.2) is 43.2 Å². The van der Waals surface area contributed by atoms with Gasteiger partial charge in [0.15, 0.2) is 0 Å². The number of amides is 2. The lowest BCUT2D eigenvalue weighted by Crippen LogP contribution is -2.40. The largest absolute Gasteiger partial charge is 0.370 e. The SMILES string of the molecule is CC(C)NC(=O)CSc1ccccc1C(=O)NCC(C)N(C)c1ccccc1. The quantitative estimate of drug-likeness (QED) is 0.633. The highest BCUT2D eigenvalue weighted by Gasteiger charge is 2.15. The molecule has 2 amide bonds. The fraction of sp³-hybridized carbons (Fsp3) is 0.364. The van der Waals surface area contributed by atoms with Gasteiger partial charge in [-0.15, -0.1) is 11.8 Å². The van der Waals surface area contributed by atoms with Gasteiger partial charge >= 0.3 is 0 Å². The minimum atomic E-state index is -0.124. The van der Waals surface area contributed by atoms with Crippen LogP contribution in [0.25, 0.3) is 0 Å². The van der Waals surface area contributed by atoms with Crippen molar-refractivity contribution in [1.29, 1.82) is 0 Å². The second-order valence-corrected chi connectivity index (χ2v) is 8.03. The molecule has 0 heterocycles. The highest BCUT2D eigenvalue weighted by molar-refractivity contribution is 8.00. The second kappa shape index (κ2) is 10.8. The summed E-state index contributed by atoms with van der Waals surface area (Å²) in [6.45, 7) is 6.45. The van der Waals surface area contributed by atoms with Crippen LogP contribution in [0.1, 0.15) is 31.1 Å². The third-order valence-corrected chi connectivity index (χ3v) is 5.40. The topological polar surface area (TPSA) is 61.4 Å². The molecule has 0 bridgehead atoms. The fourth-order valence-electron chi connectivity index (χ4n) is 2.68. The molecule has 0 fully saturated rings. The first kappa shape index (κ1) is 21.8. The molecule has 2 aromatic carbocycles. The minimum absolute atomic E-state index is 0.0340. The van der Waals surface area contributed by atoms with Crippen LogP contribution in [0.4, 0.5) is 5.69 Å². The number of carbonyl (C=O) groups is 2. The molecule has 28 heavy (non-hydrogen) atoms. The number of benzene rings is 2.